The second-order valence-electron chi connectivity index (χ2n) is 6.94. The van der Waals surface area contributed by atoms with Gasteiger partial charge >= 0.3 is 5.97 Å². The number of hydrogen-bond acceptors (Lipinski definition) is 4. The van der Waals surface area contributed by atoms with E-state index in [2.05, 4.69) is 6.92 Å². The minimum Gasteiger partial charge on any atom is -0.490 e. The highest BCUT2D eigenvalue weighted by atomic mass is 16.5. The summed E-state index contributed by atoms with van der Waals surface area (Å²) in [5, 5.41) is 0. The molecular formula is C24H32O4. The Morgan fingerprint density at radius 2 is 1.46 bits per heavy atom. The maximum absolute atomic E-state index is 12.1. The molecule has 4 heteroatoms. The third-order valence-corrected chi connectivity index (χ3v) is 4.43. The molecule has 0 fully saturated rings. The SMILES string of the molecule is CCCCCCCCOC(=O)c1ccc(OCCOc2cccc(C)c2)cc1. The molecule has 0 radical (unpaired) electrons. The lowest BCUT2D eigenvalue weighted by Gasteiger charge is -2.09. The summed E-state index contributed by atoms with van der Waals surface area (Å²) in [4.78, 5) is 12.1. The summed E-state index contributed by atoms with van der Waals surface area (Å²) in [6.45, 7) is 5.63. The Morgan fingerprint density at radius 3 is 2.18 bits per heavy atom. The monoisotopic (exact) mass is 384 g/mol. The summed E-state index contributed by atoms with van der Waals surface area (Å²) in [7, 11) is 0. The van der Waals surface area contributed by atoms with Crippen LogP contribution < -0.4 is 9.47 Å². The van der Waals surface area contributed by atoms with Gasteiger partial charge in [0, 0.05) is 0 Å². The molecule has 152 valence electrons. The molecule has 4 nitrogen and oxygen atoms in total. The highest BCUT2D eigenvalue weighted by Crippen LogP contribution is 2.15. The Kier molecular flexibility index (Phi) is 9.98. The molecule has 2 aromatic rings. The van der Waals surface area contributed by atoms with Crippen molar-refractivity contribution >= 4 is 5.97 Å². The van der Waals surface area contributed by atoms with Crippen LogP contribution in [0.15, 0.2) is 48.5 Å². The van der Waals surface area contributed by atoms with Crippen molar-refractivity contribution in [2.45, 2.75) is 52.4 Å². The lowest BCUT2D eigenvalue weighted by molar-refractivity contribution is 0.0497. The van der Waals surface area contributed by atoms with Crippen LogP contribution in [-0.4, -0.2) is 25.8 Å². The second kappa shape index (κ2) is 12.8. The first-order valence-electron chi connectivity index (χ1n) is 10.3. The molecule has 0 bridgehead atoms. The fourth-order valence-corrected chi connectivity index (χ4v) is 2.84. The first-order valence-corrected chi connectivity index (χ1v) is 10.3. The molecule has 2 rings (SSSR count). The molecule has 0 atom stereocenters. The highest BCUT2D eigenvalue weighted by molar-refractivity contribution is 5.89. The Hall–Kier alpha value is -2.49. The van der Waals surface area contributed by atoms with E-state index in [-0.39, 0.29) is 5.97 Å². The van der Waals surface area contributed by atoms with E-state index in [0.29, 0.717) is 31.1 Å². The van der Waals surface area contributed by atoms with Gasteiger partial charge in [-0.2, -0.15) is 0 Å². The zero-order valence-electron chi connectivity index (χ0n) is 17.1. The Morgan fingerprint density at radius 1 is 0.786 bits per heavy atom. The van der Waals surface area contributed by atoms with Crippen molar-refractivity contribution in [3.05, 3.63) is 59.7 Å². The average Bonchev–Trinajstić information content (AvgIpc) is 2.71. The summed E-state index contributed by atoms with van der Waals surface area (Å²) in [5.41, 5.74) is 1.71. The van der Waals surface area contributed by atoms with Gasteiger partial charge in [-0.1, -0.05) is 51.2 Å². The summed E-state index contributed by atoms with van der Waals surface area (Å²) in [6.07, 6.45) is 7.05. The molecule has 0 aromatic heterocycles. The van der Waals surface area contributed by atoms with Crippen molar-refractivity contribution in [2.24, 2.45) is 0 Å². The van der Waals surface area contributed by atoms with Gasteiger partial charge in [0.15, 0.2) is 0 Å². The van der Waals surface area contributed by atoms with Crippen LogP contribution in [-0.2, 0) is 4.74 Å². The number of ether oxygens (including phenoxy) is 3. The van der Waals surface area contributed by atoms with E-state index < -0.39 is 0 Å². The largest absolute Gasteiger partial charge is 0.490 e. The molecule has 2 aromatic carbocycles. The van der Waals surface area contributed by atoms with E-state index in [9.17, 15) is 4.79 Å². The molecule has 0 N–H and O–H groups in total. The minimum atomic E-state index is -0.275. The fourth-order valence-electron chi connectivity index (χ4n) is 2.84. The van der Waals surface area contributed by atoms with Gasteiger partial charge in [0.05, 0.1) is 12.2 Å². The van der Waals surface area contributed by atoms with Crippen LogP contribution in [0.2, 0.25) is 0 Å². The van der Waals surface area contributed by atoms with Gasteiger partial charge < -0.3 is 14.2 Å². The summed E-state index contributed by atoms with van der Waals surface area (Å²) < 4.78 is 16.6. The van der Waals surface area contributed by atoms with Crippen LogP contribution in [0.3, 0.4) is 0 Å². The van der Waals surface area contributed by atoms with Crippen molar-refractivity contribution in [1.82, 2.24) is 0 Å². The van der Waals surface area contributed by atoms with Gasteiger partial charge in [-0.25, -0.2) is 4.79 Å². The summed E-state index contributed by atoms with van der Waals surface area (Å²) >= 11 is 0. The van der Waals surface area contributed by atoms with E-state index in [1.54, 1.807) is 24.3 Å². The molecule has 0 heterocycles. The van der Waals surface area contributed by atoms with E-state index in [0.717, 1.165) is 24.2 Å². The van der Waals surface area contributed by atoms with Gasteiger partial charge in [-0.05, 0) is 55.3 Å². The maximum Gasteiger partial charge on any atom is 0.338 e. The number of rotatable bonds is 13. The summed E-state index contributed by atoms with van der Waals surface area (Å²) in [6, 6.07) is 15.0. The standard InChI is InChI=1S/C24H32O4/c1-3-4-5-6-7-8-16-28-24(25)21-12-14-22(15-13-21)26-17-18-27-23-11-9-10-20(2)19-23/h9-15,19H,3-8,16-18H2,1-2H3. The molecule has 0 aliphatic rings. The molecular weight excluding hydrogens is 352 g/mol. The Balaban J connectivity index is 1.61. The lowest BCUT2D eigenvalue weighted by atomic mass is 10.1. The fraction of sp³-hybridized carbons (Fsp3) is 0.458. The quantitative estimate of drug-likeness (QED) is 0.315. The van der Waals surface area contributed by atoms with Gasteiger partial charge in [0.1, 0.15) is 24.7 Å². The maximum atomic E-state index is 12.1. The number of aryl methyl sites for hydroxylation is 1. The Bertz CT molecular complexity index is 694. The van der Waals surface area contributed by atoms with E-state index >= 15 is 0 Å². The molecule has 28 heavy (non-hydrogen) atoms. The van der Waals surface area contributed by atoms with Crippen LogP contribution in [0.5, 0.6) is 11.5 Å². The predicted molar refractivity (Wildman–Crippen MR) is 112 cm³/mol. The van der Waals surface area contributed by atoms with Gasteiger partial charge in [-0.15, -0.1) is 0 Å². The van der Waals surface area contributed by atoms with E-state index in [1.165, 1.54) is 25.7 Å². The van der Waals surface area contributed by atoms with Crippen LogP contribution in [0.25, 0.3) is 0 Å². The second-order valence-corrected chi connectivity index (χ2v) is 6.94. The number of carbonyl (C=O) groups excluding carboxylic acids is 1. The lowest BCUT2D eigenvalue weighted by Crippen LogP contribution is -2.09. The number of carbonyl (C=O) groups is 1. The first kappa shape index (κ1) is 21.8. The Labute approximate surface area is 168 Å². The van der Waals surface area contributed by atoms with Crippen molar-refractivity contribution in [2.75, 3.05) is 19.8 Å². The van der Waals surface area contributed by atoms with Gasteiger partial charge in [0.2, 0.25) is 0 Å². The molecule has 0 amide bonds. The predicted octanol–water partition coefficient (Wildman–Crippen LogP) is 5.97. The highest BCUT2D eigenvalue weighted by Gasteiger charge is 2.07. The van der Waals surface area contributed by atoms with Gasteiger partial charge in [0.25, 0.3) is 0 Å². The third kappa shape index (κ3) is 8.47. The van der Waals surface area contributed by atoms with Crippen molar-refractivity contribution in [3.8, 4) is 11.5 Å². The average molecular weight is 385 g/mol. The molecule has 0 saturated carbocycles. The zero-order valence-corrected chi connectivity index (χ0v) is 17.1. The van der Waals surface area contributed by atoms with Crippen LogP contribution >= 0.6 is 0 Å². The normalized spacial score (nSPS) is 10.5. The van der Waals surface area contributed by atoms with Crippen LogP contribution in [0.1, 0.15) is 61.4 Å². The molecule has 0 aliphatic heterocycles. The van der Waals surface area contributed by atoms with Crippen molar-refractivity contribution in [1.29, 1.82) is 0 Å². The van der Waals surface area contributed by atoms with E-state index in [4.69, 9.17) is 14.2 Å². The van der Waals surface area contributed by atoms with Crippen LogP contribution in [0, 0.1) is 6.92 Å². The molecule has 0 spiro atoms. The number of unbranched alkanes of at least 4 members (excludes halogenated alkanes) is 5. The van der Waals surface area contributed by atoms with E-state index in [1.807, 2.05) is 31.2 Å². The number of esters is 1. The van der Waals surface area contributed by atoms with Gasteiger partial charge in [-0.3, -0.25) is 0 Å². The minimum absolute atomic E-state index is 0.275. The number of benzene rings is 2. The topological polar surface area (TPSA) is 44.8 Å². The molecule has 0 aliphatic carbocycles. The van der Waals surface area contributed by atoms with Crippen molar-refractivity contribution in [3.63, 3.8) is 0 Å². The first-order chi connectivity index (χ1) is 13.7. The molecule has 0 unspecified atom stereocenters. The smallest absolute Gasteiger partial charge is 0.338 e. The third-order valence-electron chi connectivity index (χ3n) is 4.43. The van der Waals surface area contributed by atoms with Crippen LogP contribution in [0.4, 0.5) is 0 Å². The number of hydrogen-bond donors (Lipinski definition) is 0. The van der Waals surface area contributed by atoms with Crippen molar-refractivity contribution < 1.29 is 19.0 Å². The summed E-state index contributed by atoms with van der Waals surface area (Å²) in [5.74, 6) is 1.27. The molecule has 0 saturated heterocycles. The zero-order chi connectivity index (χ0) is 20.0.